The quantitative estimate of drug-likeness (QED) is 0.780. The zero-order valence-corrected chi connectivity index (χ0v) is 11.5. The predicted molar refractivity (Wildman–Crippen MR) is 69.7 cm³/mol. The Balaban J connectivity index is 2.26. The molecule has 0 radical (unpaired) electrons. The van der Waals surface area contributed by atoms with Crippen molar-refractivity contribution in [3.63, 3.8) is 0 Å². The van der Waals surface area contributed by atoms with Crippen molar-refractivity contribution in [3.05, 3.63) is 16.5 Å². The minimum absolute atomic E-state index is 0.648. The second kappa shape index (κ2) is 5.13. The minimum Gasteiger partial charge on any atom is -0.354 e. The summed E-state index contributed by atoms with van der Waals surface area (Å²) in [5, 5.41) is 0. The van der Waals surface area contributed by atoms with Crippen LogP contribution in [0, 0.1) is 6.92 Å². The smallest absolute Gasteiger partial charge is 0.133 e. The van der Waals surface area contributed by atoms with Crippen LogP contribution in [0.15, 0.2) is 10.7 Å². The molecule has 0 N–H and O–H groups in total. The average molecular weight is 284 g/mol. The first-order chi connectivity index (χ1) is 7.70. The highest BCUT2D eigenvalue weighted by molar-refractivity contribution is 9.10. The molecule has 1 aliphatic rings. The highest BCUT2D eigenvalue weighted by atomic mass is 79.9. The van der Waals surface area contributed by atoms with Gasteiger partial charge in [0.15, 0.2) is 0 Å². The predicted octanol–water partition coefficient (Wildman–Crippen LogP) is 3.32. The lowest BCUT2D eigenvalue weighted by Gasteiger charge is -2.36. The summed E-state index contributed by atoms with van der Waals surface area (Å²) in [6.45, 7) is 5.33. The van der Waals surface area contributed by atoms with Gasteiger partial charge in [0.05, 0.1) is 0 Å². The van der Waals surface area contributed by atoms with Crippen LogP contribution in [-0.4, -0.2) is 22.6 Å². The maximum absolute atomic E-state index is 4.54. The highest BCUT2D eigenvalue weighted by Gasteiger charge is 2.22. The third-order valence-corrected chi connectivity index (χ3v) is 3.59. The van der Waals surface area contributed by atoms with Crippen molar-refractivity contribution in [2.45, 2.75) is 45.6 Å². The van der Waals surface area contributed by atoms with E-state index in [0.717, 1.165) is 22.8 Å². The Hall–Kier alpha value is -0.640. The summed E-state index contributed by atoms with van der Waals surface area (Å²) in [5.41, 5.74) is 0. The minimum atomic E-state index is 0.648. The van der Waals surface area contributed by atoms with Crippen LogP contribution in [0.5, 0.6) is 0 Å². The van der Waals surface area contributed by atoms with E-state index in [4.69, 9.17) is 0 Å². The standard InChI is InChI=1S/C12H18BrN3/c1-3-10-6-4-5-7-16(10)12-8-11(13)14-9(2)15-12/h8,10H,3-7H2,1-2H3. The molecule has 0 aromatic carbocycles. The first kappa shape index (κ1) is 11.8. The van der Waals surface area contributed by atoms with E-state index in [1.807, 2.05) is 13.0 Å². The second-order valence-corrected chi connectivity index (χ2v) is 5.16. The van der Waals surface area contributed by atoms with E-state index in [-0.39, 0.29) is 0 Å². The molecule has 2 heterocycles. The van der Waals surface area contributed by atoms with Crippen molar-refractivity contribution in [3.8, 4) is 0 Å². The summed E-state index contributed by atoms with van der Waals surface area (Å²) in [4.78, 5) is 11.2. The Morgan fingerprint density at radius 3 is 2.94 bits per heavy atom. The molecule has 88 valence electrons. The number of halogens is 1. The molecular weight excluding hydrogens is 266 g/mol. The van der Waals surface area contributed by atoms with Crippen LogP contribution in [0.3, 0.4) is 0 Å². The van der Waals surface area contributed by atoms with Crippen molar-refractivity contribution in [2.75, 3.05) is 11.4 Å². The Morgan fingerprint density at radius 2 is 2.25 bits per heavy atom. The zero-order chi connectivity index (χ0) is 11.5. The molecule has 0 saturated carbocycles. The molecule has 2 rings (SSSR count). The summed E-state index contributed by atoms with van der Waals surface area (Å²) in [7, 11) is 0. The number of aryl methyl sites for hydroxylation is 1. The van der Waals surface area contributed by atoms with Crippen LogP contribution in [-0.2, 0) is 0 Å². The summed E-state index contributed by atoms with van der Waals surface area (Å²) in [5.74, 6) is 1.91. The maximum atomic E-state index is 4.54. The molecule has 1 aromatic rings. The number of hydrogen-bond acceptors (Lipinski definition) is 3. The molecule has 1 aromatic heterocycles. The molecule has 1 fully saturated rings. The topological polar surface area (TPSA) is 29.0 Å². The van der Waals surface area contributed by atoms with E-state index >= 15 is 0 Å². The molecule has 4 heteroatoms. The number of nitrogens with zero attached hydrogens (tertiary/aromatic N) is 3. The lowest BCUT2D eigenvalue weighted by Crippen LogP contribution is -2.39. The second-order valence-electron chi connectivity index (χ2n) is 4.35. The van der Waals surface area contributed by atoms with Gasteiger partial charge in [0.1, 0.15) is 16.2 Å². The monoisotopic (exact) mass is 283 g/mol. The van der Waals surface area contributed by atoms with E-state index in [9.17, 15) is 0 Å². The molecule has 16 heavy (non-hydrogen) atoms. The number of rotatable bonds is 2. The van der Waals surface area contributed by atoms with Crippen LogP contribution >= 0.6 is 15.9 Å². The van der Waals surface area contributed by atoms with Gasteiger partial charge in [0.25, 0.3) is 0 Å². The van der Waals surface area contributed by atoms with E-state index in [1.165, 1.54) is 25.7 Å². The third-order valence-electron chi connectivity index (χ3n) is 3.19. The van der Waals surface area contributed by atoms with Gasteiger partial charge in [-0.3, -0.25) is 0 Å². The van der Waals surface area contributed by atoms with Crippen molar-refractivity contribution in [1.82, 2.24) is 9.97 Å². The van der Waals surface area contributed by atoms with Gasteiger partial charge in [-0.2, -0.15) is 0 Å². The fourth-order valence-electron chi connectivity index (χ4n) is 2.39. The lowest BCUT2D eigenvalue weighted by atomic mass is 10.0. The van der Waals surface area contributed by atoms with E-state index < -0.39 is 0 Å². The molecule has 1 aliphatic heterocycles. The number of hydrogen-bond donors (Lipinski definition) is 0. The van der Waals surface area contributed by atoms with E-state index in [2.05, 4.69) is 37.7 Å². The number of piperidine rings is 1. The van der Waals surface area contributed by atoms with Gasteiger partial charge < -0.3 is 4.90 Å². The molecule has 0 bridgehead atoms. The first-order valence-electron chi connectivity index (χ1n) is 5.98. The molecule has 0 spiro atoms. The van der Waals surface area contributed by atoms with Gasteiger partial charge in [-0.05, 0) is 48.5 Å². The van der Waals surface area contributed by atoms with Crippen LogP contribution in [0.1, 0.15) is 38.4 Å². The summed E-state index contributed by atoms with van der Waals surface area (Å²) in [6.07, 6.45) is 5.11. The third kappa shape index (κ3) is 2.54. The van der Waals surface area contributed by atoms with Gasteiger partial charge >= 0.3 is 0 Å². The first-order valence-corrected chi connectivity index (χ1v) is 6.78. The molecule has 1 atom stereocenters. The number of aromatic nitrogens is 2. The van der Waals surface area contributed by atoms with Gasteiger partial charge in [0, 0.05) is 18.7 Å². The number of anilines is 1. The van der Waals surface area contributed by atoms with Crippen LogP contribution in [0.2, 0.25) is 0 Å². The molecule has 0 amide bonds. The van der Waals surface area contributed by atoms with Crippen molar-refractivity contribution >= 4 is 21.7 Å². The molecule has 0 aliphatic carbocycles. The van der Waals surface area contributed by atoms with Gasteiger partial charge in [-0.25, -0.2) is 9.97 Å². The molecule has 1 unspecified atom stereocenters. The molecule has 3 nitrogen and oxygen atoms in total. The largest absolute Gasteiger partial charge is 0.354 e. The fourth-order valence-corrected chi connectivity index (χ4v) is 2.85. The van der Waals surface area contributed by atoms with Crippen LogP contribution in [0.25, 0.3) is 0 Å². The van der Waals surface area contributed by atoms with Crippen molar-refractivity contribution < 1.29 is 0 Å². The molecular formula is C12H18BrN3. The Kier molecular flexibility index (Phi) is 3.79. The summed E-state index contributed by atoms with van der Waals surface area (Å²) < 4.78 is 0.885. The zero-order valence-electron chi connectivity index (χ0n) is 9.91. The maximum Gasteiger partial charge on any atom is 0.133 e. The average Bonchev–Trinajstić information content (AvgIpc) is 2.27. The summed E-state index contributed by atoms with van der Waals surface area (Å²) in [6, 6.07) is 2.68. The van der Waals surface area contributed by atoms with Crippen molar-refractivity contribution in [2.24, 2.45) is 0 Å². The van der Waals surface area contributed by atoms with Crippen LogP contribution < -0.4 is 4.90 Å². The van der Waals surface area contributed by atoms with Crippen LogP contribution in [0.4, 0.5) is 5.82 Å². The fraction of sp³-hybridized carbons (Fsp3) is 0.667. The van der Waals surface area contributed by atoms with Crippen molar-refractivity contribution in [1.29, 1.82) is 0 Å². The van der Waals surface area contributed by atoms with Gasteiger partial charge in [0.2, 0.25) is 0 Å². The van der Waals surface area contributed by atoms with E-state index in [1.54, 1.807) is 0 Å². The Labute approximate surface area is 105 Å². The van der Waals surface area contributed by atoms with Gasteiger partial charge in [-0.15, -0.1) is 0 Å². The van der Waals surface area contributed by atoms with Gasteiger partial charge in [-0.1, -0.05) is 6.92 Å². The SMILES string of the molecule is CCC1CCCCN1c1cc(Br)nc(C)n1. The Bertz CT molecular complexity index is 347. The highest BCUT2D eigenvalue weighted by Crippen LogP contribution is 2.26. The normalized spacial score (nSPS) is 21.2. The Morgan fingerprint density at radius 1 is 1.44 bits per heavy atom. The van der Waals surface area contributed by atoms with E-state index in [0.29, 0.717) is 6.04 Å². The molecule has 1 saturated heterocycles. The summed E-state index contributed by atoms with van der Waals surface area (Å²) >= 11 is 3.44. The lowest BCUT2D eigenvalue weighted by molar-refractivity contribution is 0.446.